The molecule has 12 heteroatoms. The van der Waals surface area contributed by atoms with Gasteiger partial charge in [-0.2, -0.15) is 0 Å². The van der Waals surface area contributed by atoms with Crippen LogP contribution in [0.4, 0.5) is 0 Å². The maximum absolute atomic E-state index is 13.0. The van der Waals surface area contributed by atoms with E-state index in [2.05, 4.69) is 4.99 Å². The minimum Gasteiger partial charge on any atom is -0.426 e. The van der Waals surface area contributed by atoms with Crippen LogP contribution < -0.4 is 0 Å². The number of Topliss-reactive ketones (excluding diaryl/α,β-unsaturated/α-hetero) is 1. The topological polar surface area (TPSA) is 123 Å². The Hall–Kier alpha value is -2.08. The van der Waals surface area contributed by atoms with E-state index in [0.717, 1.165) is 6.42 Å². The molecule has 5 atom stereocenters. The van der Waals surface area contributed by atoms with Gasteiger partial charge in [0.15, 0.2) is 6.04 Å². The Morgan fingerprint density at radius 1 is 1.00 bits per heavy atom. The van der Waals surface area contributed by atoms with E-state index in [1.807, 2.05) is 34.6 Å². The molecule has 0 radical (unpaired) electrons. The number of rotatable bonds is 9. The van der Waals surface area contributed by atoms with Crippen molar-refractivity contribution < 1.29 is 33.4 Å². The minimum atomic E-state index is -0.855. The standard InChI is InChI=1S/C24H33N3O7S2/c1-7-8-13(28)9-12(2)25-16-19(30)27-18(24(5,6)36-20(16)27)22(32)34-11-33-21(31)17-23(3,4)35-15-10-14(29)26(15)17/h15-18,20H,7-11H2,1-6H3/t15-,16-,17+,18+,20-/m1/s1. The van der Waals surface area contributed by atoms with E-state index in [9.17, 15) is 24.0 Å². The predicted octanol–water partition coefficient (Wildman–Crippen LogP) is 2.13. The first kappa shape index (κ1) is 27.0. The Bertz CT molecular complexity index is 1030. The highest BCUT2D eigenvalue weighted by Crippen LogP contribution is 2.52. The quantitative estimate of drug-likeness (QED) is 0.188. The van der Waals surface area contributed by atoms with E-state index < -0.39 is 46.4 Å². The average molecular weight is 540 g/mol. The number of β-lactam (4-membered cyclic amide) rings is 2. The molecule has 2 amide bonds. The fraction of sp³-hybridized carbons (Fsp3) is 0.750. The van der Waals surface area contributed by atoms with Gasteiger partial charge in [0.1, 0.15) is 23.2 Å². The van der Waals surface area contributed by atoms with Gasteiger partial charge >= 0.3 is 11.9 Å². The molecule has 0 aromatic carbocycles. The summed E-state index contributed by atoms with van der Waals surface area (Å²) in [4.78, 5) is 70.0. The molecule has 4 aliphatic heterocycles. The molecule has 4 heterocycles. The molecule has 0 aliphatic carbocycles. The van der Waals surface area contributed by atoms with Gasteiger partial charge in [-0.1, -0.05) is 6.92 Å². The molecular formula is C24H33N3O7S2. The summed E-state index contributed by atoms with van der Waals surface area (Å²) in [5, 5.41) is -0.350. The number of hydrogen-bond donors (Lipinski definition) is 0. The predicted molar refractivity (Wildman–Crippen MR) is 135 cm³/mol. The number of amides is 2. The average Bonchev–Trinajstić information content (AvgIpc) is 3.15. The molecular weight excluding hydrogens is 506 g/mol. The second-order valence-electron chi connectivity index (χ2n) is 10.7. The Kier molecular flexibility index (Phi) is 7.24. The Morgan fingerprint density at radius 2 is 1.58 bits per heavy atom. The first-order chi connectivity index (χ1) is 16.8. The van der Waals surface area contributed by atoms with Crippen LogP contribution in [-0.4, -0.2) is 90.2 Å². The second-order valence-corrected chi connectivity index (χ2v) is 14.3. The van der Waals surface area contributed by atoms with Gasteiger partial charge in [-0.15, -0.1) is 23.5 Å². The molecule has 0 saturated carbocycles. The first-order valence-corrected chi connectivity index (χ1v) is 13.9. The Morgan fingerprint density at radius 3 is 2.17 bits per heavy atom. The van der Waals surface area contributed by atoms with Crippen molar-refractivity contribution in [3.8, 4) is 0 Å². The fourth-order valence-electron chi connectivity index (χ4n) is 5.29. The normalized spacial score (nSPS) is 31.8. The van der Waals surface area contributed by atoms with Crippen LogP contribution in [0, 0.1) is 0 Å². The number of thioether (sulfide) groups is 2. The van der Waals surface area contributed by atoms with Crippen molar-refractivity contribution >= 4 is 58.8 Å². The monoisotopic (exact) mass is 539 g/mol. The smallest absolute Gasteiger partial charge is 0.333 e. The summed E-state index contributed by atoms with van der Waals surface area (Å²) in [5.74, 6) is -1.56. The van der Waals surface area contributed by atoms with Crippen LogP contribution in [0.15, 0.2) is 4.99 Å². The van der Waals surface area contributed by atoms with E-state index in [1.165, 1.54) is 21.6 Å². The van der Waals surface area contributed by atoms with Crippen molar-refractivity contribution in [2.24, 2.45) is 4.99 Å². The molecule has 4 saturated heterocycles. The molecule has 0 N–H and O–H groups in total. The van der Waals surface area contributed by atoms with Crippen LogP contribution in [0.5, 0.6) is 0 Å². The van der Waals surface area contributed by atoms with E-state index in [-0.39, 0.29) is 34.8 Å². The van der Waals surface area contributed by atoms with Gasteiger partial charge in [-0.05, 0) is 41.0 Å². The number of hydrogen-bond acceptors (Lipinski definition) is 10. The third-order valence-electron chi connectivity index (χ3n) is 6.93. The molecule has 0 aromatic heterocycles. The lowest BCUT2D eigenvalue weighted by Gasteiger charge is -2.42. The molecule has 10 nitrogen and oxygen atoms in total. The third kappa shape index (κ3) is 4.66. The SMILES string of the molecule is CCCC(=O)CC(C)=N[C@@H]1C(=O)N2[C@@H]1SC(C)(C)[C@@H]2C(=O)OCOC(=O)[C@@H]1N2C(=O)C[C@H]2SC1(C)C. The highest BCUT2D eigenvalue weighted by molar-refractivity contribution is 8.02. The van der Waals surface area contributed by atoms with E-state index >= 15 is 0 Å². The lowest BCUT2D eigenvalue weighted by molar-refractivity contribution is -0.181. The highest BCUT2D eigenvalue weighted by atomic mass is 32.2. The summed E-state index contributed by atoms with van der Waals surface area (Å²) >= 11 is 3.02. The zero-order chi connectivity index (χ0) is 26.6. The lowest BCUT2D eigenvalue weighted by Crippen LogP contribution is -2.65. The summed E-state index contributed by atoms with van der Waals surface area (Å²) in [6.07, 6.45) is 1.87. The molecule has 0 bridgehead atoms. The number of nitrogens with zero attached hydrogens (tertiary/aromatic N) is 3. The van der Waals surface area contributed by atoms with Gasteiger partial charge in [0.2, 0.25) is 12.7 Å². The van der Waals surface area contributed by atoms with Gasteiger partial charge in [0.25, 0.3) is 5.91 Å². The van der Waals surface area contributed by atoms with Gasteiger partial charge < -0.3 is 19.3 Å². The van der Waals surface area contributed by atoms with Crippen LogP contribution in [0.3, 0.4) is 0 Å². The Labute approximate surface area is 219 Å². The number of esters is 2. The van der Waals surface area contributed by atoms with Crippen molar-refractivity contribution in [2.75, 3.05) is 6.79 Å². The minimum absolute atomic E-state index is 0.0257. The number of ether oxygens (including phenoxy) is 2. The third-order valence-corrected chi connectivity index (χ3v) is 9.98. The lowest BCUT2D eigenvalue weighted by atomic mass is 9.96. The van der Waals surface area contributed by atoms with E-state index in [1.54, 1.807) is 18.7 Å². The Balaban J connectivity index is 1.34. The fourth-order valence-corrected chi connectivity index (χ4v) is 8.51. The van der Waals surface area contributed by atoms with Crippen LogP contribution >= 0.6 is 23.5 Å². The molecule has 0 unspecified atom stereocenters. The molecule has 36 heavy (non-hydrogen) atoms. The number of carbonyl (C=O) groups excluding carboxylic acids is 5. The van der Waals surface area contributed by atoms with Crippen LogP contribution in [0.1, 0.15) is 67.2 Å². The largest absolute Gasteiger partial charge is 0.426 e. The van der Waals surface area contributed by atoms with Crippen LogP contribution in [-0.2, 0) is 33.4 Å². The van der Waals surface area contributed by atoms with Crippen LogP contribution in [0.25, 0.3) is 0 Å². The van der Waals surface area contributed by atoms with Gasteiger partial charge in [0.05, 0.1) is 11.8 Å². The van der Waals surface area contributed by atoms with Crippen molar-refractivity contribution in [3.05, 3.63) is 0 Å². The number of carbonyl (C=O) groups is 5. The molecule has 0 spiro atoms. The van der Waals surface area contributed by atoms with Crippen LogP contribution in [0.2, 0.25) is 0 Å². The van der Waals surface area contributed by atoms with Gasteiger partial charge in [-0.25, -0.2) is 9.59 Å². The van der Waals surface area contributed by atoms with Crippen molar-refractivity contribution in [3.63, 3.8) is 0 Å². The number of aliphatic imine (C=N–C) groups is 1. The molecule has 0 aromatic rings. The second kappa shape index (κ2) is 9.66. The summed E-state index contributed by atoms with van der Waals surface area (Å²) < 4.78 is 9.38. The van der Waals surface area contributed by atoms with Crippen molar-refractivity contribution in [2.45, 2.75) is 106 Å². The summed E-state index contributed by atoms with van der Waals surface area (Å²) in [6, 6.07) is -2.23. The summed E-state index contributed by atoms with van der Waals surface area (Å²) in [6.45, 7) is 10.6. The molecule has 4 rings (SSSR count). The highest BCUT2D eigenvalue weighted by Gasteiger charge is 2.64. The van der Waals surface area contributed by atoms with Crippen molar-refractivity contribution in [1.29, 1.82) is 0 Å². The maximum Gasteiger partial charge on any atom is 0.333 e. The van der Waals surface area contributed by atoms with E-state index in [0.29, 0.717) is 18.6 Å². The first-order valence-electron chi connectivity index (χ1n) is 12.2. The number of ketones is 1. The maximum atomic E-state index is 13.0. The van der Waals surface area contributed by atoms with Gasteiger partial charge in [-0.3, -0.25) is 19.4 Å². The van der Waals surface area contributed by atoms with E-state index in [4.69, 9.17) is 9.47 Å². The van der Waals surface area contributed by atoms with Gasteiger partial charge in [0, 0.05) is 28.0 Å². The zero-order valence-electron chi connectivity index (χ0n) is 21.4. The molecule has 198 valence electrons. The summed E-state index contributed by atoms with van der Waals surface area (Å²) in [5.41, 5.74) is 0.610. The molecule has 4 aliphatic rings. The summed E-state index contributed by atoms with van der Waals surface area (Å²) in [7, 11) is 0. The zero-order valence-corrected chi connectivity index (χ0v) is 23.1. The molecule has 4 fully saturated rings. The number of fused-ring (bicyclic) bond motifs is 2. The van der Waals surface area contributed by atoms with Crippen molar-refractivity contribution in [1.82, 2.24) is 9.80 Å².